The van der Waals surface area contributed by atoms with Crippen molar-refractivity contribution in [3.63, 3.8) is 0 Å². The van der Waals surface area contributed by atoms with E-state index in [1.54, 1.807) is 43.5 Å². The predicted octanol–water partition coefficient (Wildman–Crippen LogP) is 1.71. The zero-order chi connectivity index (χ0) is 15.3. The zero-order valence-electron chi connectivity index (χ0n) is 11.6. The van der Waals surface area contributed by atoms with Crippen LogP contribution in [0.5, 0.6) is 5.75 Å². The largest absolute Gasteiger partial charge is 0.495 e. The van der Waals surface area contributed by atoms with E-state index in [0.717, 1.165) is 5.56 Å². The minimum atomic E-state index is -3.80. The van der Waals surface area contributed by atoms with Gasteiger partial charge in [-0.15, -0.1) is 0 Å². The minimum Gasteiger partial charge on any atom is -0.495 e. The molecule has 0 aliphatic heterocycles. The van der Waals surface area contributed by atoms with Crippen LogP contribution in [0.1, 0.15) is 11.3 Å². The number of rotatable bonds is 5. The van der Waals surface area contributed by atoms with Crippen LogP contribution in [0.3, 0.4) is 0 Å². The van der Waals surface area contributed by atoms with E-state index in [-0.39, 0.29) is 10.6 Å². The van der Waals surface area contributed by atoms with Gasteiger partial charge in [-0.25, -0.2) is 0 Å². The van der Waals surface area contributed by atoms with E-state index in [2.05, 4.69) is 14.9 Å². The van der Waals surface area contributed by atoms with Crippen LogP contribution in [0.15, 0.2) is 52.6 Å². The predicted molar refractivity (Wildman–Crippen MR) is 79.9 cm³/mol. The monoisotopic (exact) mass is 305 g/mol. The van der Waals surface area contributed by atoms with Crippen molar-refractivity contribution in [2.75, 3.05) is 7.11 Å². The first kappa shape index (κ1) is 15.0. The van der Waals surface area contributed by atoms with Crippen LogP contribution in [0.4, 0.5) is 0 Å². The lowest BCUT2D eigenvalue weighted by molar-refractivity contribution is 0.402. The summed E-state index contributed by atoms with van der Waals surface area (Å²) in [5, 5.41) is 3.71. The number of aryl methyl sites for hydroxylation is 1. The van der Waals surface area contributed by atoms with Crippen LogP contribution in [0, 0.1) is 6.92 Å². The van der Waals surface area contributed by atoms with E-state index >= 15 is 0 Å². The van der Waals surface area contributed by atoms with Crippen LogP contribution in [-0.2, 0) is 10.0 Å². The second-order valence-electron chi connectivity index (χ2n) is 4.26. The number of sulfonamides is 1. The molecule has 0 aliphatic carbocycles. The van der Waals surface area contributed by atoms with E-state index in [1.165, 1.54) is 19.4 Å². The van der Waals surface area contributed by atoms with Crippen molar-refractivity contribution in [3.8, 4) is 5.75 Å². The first-order valence-corrected chi connectivity index (χ1v) is 7.62. The van der Waals surface area contributed by atoms with Crippen molar-refractivity contribution in [1.29, 1.82) is 0 Å². The van der Waals surface area contributed by atoms with Crippen molar-refractivity contribution in [3.05, 3.63) is 53.9 Å². The highest BCUT2D eigenvalue weighted by Gasteiger charge is 2.18. The van der Waals surface area contributed by atoms with E-state index in [0.29, 0.717) is 5.69 Å². The molecule has 0 amide bonds. The standard InChI is InChI=1S/C14H15N3O3S/c1-11-6-7-13(20-2)14(9-11)21(18,19)17-16-10-12-5-3-4-8-15-12/h3-10,17H,1-2H3/b16-10+. The van der Waals surface area contributed by atoms with Crippen LogP contribution in [-0.4, -0.2) is 26.7 Å². The van der Waals surface area contributed by atoms with Crippen molar-refractivity contribution in [1.82, 2.24) is 9.82 Å². The Labute approximate surface area is 123 Å². The van der Waals surface area contributed by atoms with Crippen LogP contribution in [0.25, 0.3) is 0 Å². The molecule has 1 aromatic carbocycles. The summed E-state index contributed by atoms with van der Waals surface area (Å²) in [7, 11) is -2.38. The molecule has 0 bridgehead atoms. The lowest BCUT2D eigenvalue weighted by Gasteiger charge is -2.09. The number of aromatic nitrogens is 1. The molecule has 7 heteroatoms. The highest BCUT2D eigenvalue weighted by Crippen LogP contribution is 2.24. The molecule has 0 saturated heterocycles. The number of ether oxygens (including phenoxy) is 1. The summed E-state index contributed by atoms with van der Waals surface area (Å²) >= 11 is 0. The Bertz CT molecular complexity index is 743. The van der Waals surface area contributed by atoms with Crippen molar-refractivity contribution < 1.29 is 13.2 Å². The topological polar surface area (TPSA) is 80.7 Å². The Balaban J connectivity index is 2.23. The maximum absolute atomic E-state index is 12.2. The molecule has 1 aromatic heterocycles. The van der Waals surface area contributed by atoms with Gasteiger partial charge in [0.25, 0.3) is 10.0 Å². The molecule has 2 rings (SSSR count). The Morgan fingerprint density at radius 3 is 2.76 bits per heavy atom. The molecule has 1 N–H and O–H groups in total. The van der Waals surface area contributed by atoms with Gasteiger partial charge in [0.2, 0.25) is 0 Å². The number of methoxy groups -OCH3 is 1. The van der Waals surface area contributed by atoms with Gasteiger partial charge in [-0.1, -0.05) is 12.1 Å². The number of pyridine rings is 1. The Kier molecular flexibility index (Phi) is 4.54. The molecule has 0 unspecified atom stereocenters. The summed E-state index contributed by atoms with van der Waals surface area (Å²) < 4.78 is 29.5. The summed E-state index contributed by atoms with van der Waals surface area (Å²) in [6.07, 6.45) is 2.93. The van der Waals surface area contributed by atoms with E-state index in [9.17, 15) is 8.42 Å². The molecule has 6 nitrogen and oxygen atoms in total. The number of benzene rings is 1. The van der Waals surface area contributed by atoms with Crippen molar-refractivity contribution in [2.45, 2.75) is 11.8 Å². The highest BCUT2D eigenvalue weighted by atomic mass is 32.2. The van der Waals surface area contributed by atoms with Crippen molar-refractivity contribution >= 4 is 16.2 Å². The van der Waals surface area contributed by atoms with Crippen LogP contribution < -0.4 is 9.57 Å². The second-order valence-corrected chi connectivity index (χ2v) is 5.89. The number of nitrogens with zero attached hydrogens (tertiary/aromatic N) is 2. The maximum atomic E-state index is 12.2. The highest BCUT2D eigenvalue weighted by molar-refractivity contribution is 7.89. The third-order valence-corrected chi connectivity index (χ3v) is 3.91. The fourth-order valence-electron chi connectivity index (χ4n) is 1.66. The van der Waals surface area contributed by atoms with Gasteiger partial charge in [-0.3, -0.25) is 4.98 Å². The average molecular weight is 305 g/mol. The van der Waals surface area contributed by atoms with E-state index < -0.39 is 10.0 Å². The van der Waals surface area contributed by atoms with Gasteiger partial charge in [0.05, 0.1) is 19.0 Å². The summed E-state index contributed by atoms with van der Waals surface area (Å²) in [4.78, 5) is 6.20. The molecular weight excluding hydrogens is 290 g/mol. The average Bonchev–Trinajstić information content (AvgIpc) is 2.48. The van der Waals surface area contributed by atoms with Gasteiger partial charge >= 0.3 is 0 Å². The SMILES string of the molecule is COc1ccc(C)cc1S(=O)(=O)N/N=C/c1ccccn1. The smallest absolute Gasteiger partial charge is 0.280 e. The molecule has 0 aliphatic rings. The molecule has 0 saturated carbocycles. The van der Waals surface area contributed by atoms with Crippen LogP contribution in [0.2, 0.25) is 0 Å². The van der Waals surface area contributed by atoms with Gasteiger partial charge in [0, 0.05) is 6.20 Å². The maximum Gasteiger partial charge on any atom is 0.280 e. The first-order valence-electron chi connectivity index (χ1n) is 6.13. The normalized spacial score (nSPS) is 11.5. The summed E-state index contributed by atoms with van der Waals surface area (Å²) in [6, 6.07) is 10.2. The molecule has 110 valence electrons. The number of hydrogen-bond donors (Lipinski definition) is 1. The third kappa shape index (κ3) is 3.79. The molecule has 0 fully saturated rings. The Morgan fingerprint density at radius 2 is 2.10 bits per heavy atom. The summed E-state index contributed by atoms with van der Waals surface area (Å²) in [5.41, 5.74) is 1.36. The molecule has 0 radical (unpaired) electrons. The fraction of sp³-hybridized carbons (Fsp3) is 0.143. The molecule has 2 aromatic rings. The molecule has 21 heavy (non-hydrogen) atoms. The number of hydrazone groups is 1. The Hall–Kier alpha value is -2.41. The number of nitrogens with one attached hydrogen (secondary N) is 1. The van der Waals surface area contributed by atoms with E-state index in [4.69, 9.17) is 4.74 Å². The van der Waals surface area contributed by atoms with Gasteiger partial charge < -0.3 is 4.74 Å². The molecule has 0 atom stereocenters. The lowest BCUT2D eigenvalue weighted by atomic mass is 10.2. The lowest BCUT2D eigenvalue weighted by Crippen LogP contribution is -2.19. The molecule has 0 spiro atoms. The van der Waals surface area contributed by atoms with Gasteiger partial charge in [-0.2, -0.15) is 18.4 Å². The molecular formula is C14H15N3O3S. The third-order valence-electron chi connectivity index (χ3n) is 2.67. The van der Waals surface area contributed by atoms with Crippen LogP contribution >= 0.6 is 0 Å². The van der Waals surface area contributed by atoms with Gasteiger partial charge in [0.15, 0.2) is 0 Å². The zero-order valence-corrected chi connectivity index (χ0v) is 12.5. The quantitative estimate of drug-likeness (QED) is 0.673. The van der Waals surface area contributed by atoms with Crippen molar-refractivity contribution in [2.24, 2.45) is 5.10 Å². The fourth-order valence-corrected chi connectivity index (χ4v) is 2.70. The van der Waals surface area contributed by atoms with Gasteiger partial charge in [0.1, 0.15) is 10.6 Å². The van der Waals surface area contributed by atoms with E-state index in [1.807, 2.05) is 0 Å². The molecule has 1 heterocycles. The number of hydrogen-bond acceptors (Lipinski definition) is 5. The minimum absolute atomic E-state index is 0.0446. The summed E-state index contributed by atoms with van der Waals surface area (Å²) in [5.74, 6) is 0.265. The Morgan fingerprint density at radius 1 is 1.29 bits per heavy atom. The van der Waals surface area contributed by atoms with Gasteiger partial charge in [-0.05, 0) is 36.8 Å². The second kappa shape index (κ2) is 6.36. The first-order chi connectivity index (χ1) is 10.0. The summed E-state index contributed by atoms with van der Waals surface area (Å²) in [6.45, 7) is 1.80.